The maximum absolute atomic E-state index is 11.6. The van der Waals surface area contributed by atoms with E-state index in [2.05, 4.69) is 27.9 Å². The van der Waals surface area contributed by atoms with E-state index in [1.54, 1.807) is 0 Å². The molecule has 3 nitrogen and oxygen atoms in total. The van der Waals surface area contributed by atoms with Crippen LogP contribution in [0.3, 0.4) is 0 Å². The fraction of sp³-hybridized carbons (Fsp3) is 0.133. The zero-order chi connectivity index (χ0) is 14.4. The molecule has 0 aromatic heterocycles. The van der Waals surface area contributed by atoms with Crippen LogP contribution in [0.15, 0.2) is 48.5 Å². The van der Waals surface area contributed by atoms with Gasteiger partial charge in [0, 0.05) is 10.1 Å². The standard InChI is InChI=1S/C15H13ClINO2/c16-13-8-12(6-7-14(13)17)9-18-15(19)20-10-11-4-2-1-3-5-11/h1-8H,9-10H2,(H,18,19). The van der Waals surface area contributed by atoms with E-state index in [9.17, 15) is 4.79 Å². The minimum atomic E-state index is -0.441. The molecule has 1 amide bonds. The SMILES string of the molecule is O=C(NCc1ccc(I)c(Cl)c1)OCc1ccccc1. The number of hydrogen-bond acceptors (Lipinski definition) is 2. The maximum atomic E-state index is 11.6. The molecule has 0 aliphatic rings. The van der Waals surface area contributed by atoms with Gasteiger partial charge in [-0.3, -0.25) is 0 Å². The molecule has 0 saturated carbocycles. The van der Waals surface area contributed by atoms with Crippen molar-refractivity contribution in [3.8, 4) is 0 Å². The number of halogens is 2. The van der Waals surface area contributed by atoms with Crippen LogP contribution >= 0.6 is 34.2 Å². The minimum Gasteiger partial charge on any atom is -0.445 e. The fourth-order valence-electron chi connectivity index (χ4n) is 1.60. The Morgan fingerprint density at radius 3 is 2.60 bits per heavy atom. The van der Waals surface area contributed by atoms with Crippen molar-refractivity contribution in [2.75, 3.05) is 0 Å². The second kappa shape index (κ2) is 7.50. The molecule has 0 radical (unpaired) electrons. The lowest BCUT2D eigenvalue weighted by molar-refractivity contribution is 0.139. The summed E-state index contributed by atoms with van der Waals surface area (Å²) in [6, 6.07) is 15.2. The molecule has 0 spiro atoms. The molecule has 0 heterocycles. The van der Waals surface area contributed by atoms with Gasteiger partial charge < -0.3 is 10.1 Å². The van der Waals surface area contributed by atoms with Crippen LogP contribution in [0, 0.1) is 3.57 Å². The van der Waals surface area contributed by atoms with E-state index in [4.69, 9.17) is 16.3 Å². The Labute approximate surface area is 136 Å². The Morgan fingerprint density at radius 1 is 1.15 bits per heavy atom. The van der Waals surface area contributed by atoms with E-state index < -0.39 is 6.09 Å². The Balaban J connectivity index is 1.79. The molecule has 20 heavy (non-hydrogen) atoms. The van der Waals surface area contributed by atoms with Crippen molar-refractivity contribution in [2.24, 2.45) is 0 Å². The molecule has 0 unspecified atom stereocenters. The van der Waals surface area contributed by atoms with Gasteiger partial charge in [-0.2, -0.15) is 0 Å². The average Bonchev–Trinajstić information content (AvgIpc) is 2.47. The number of rotatable bonds is 4. The highest BCUT2D eigenvalue weighted by molar-refractivity contribution is 14.1. The molecular formula is C15H13ClINO2. The third-order valence-corrected chi connectivity index (χ3v) is 4.21. The van der Waals surface area contributed by atoms with Gasteiger partial charge in [0.2, 0.25) is 0 Å². The fourth-order valence-corrected chi connectivity index (χ4v) is 2.14. The van der Waals surface area contributed by atoms with Gasteiger partial charge >= 0.3 is 6.09 Å². The summed E-state index contributed by atoms with van der Waals surface area (Å²) in [4.78, 5) is 11.6. The number of nitrogens with one attached hydrogen (secondary N) is 1. The summed E-state index contributed by atoms with van der Waals surface area (Å²) in [6.07, 6.45) is -0.441. The molecule has 2 aromatic carbocycles. The van der Waals surface area contributed by atoms with Gasteiger partial charge in [0.15, 0.2) is 0 Å². The predicted molar refractivity (Wildman–Crippen MR) is 87.6 cm³/mol. The number of alkyl carbamates (subject to hydrolysis) is 1. The van der Waals surface area contributed by atoms with Gasteiger partial charge in [0.25, 0.3) is 0 Å². The van der Waals surface area contributed by atoms with Crippen LogP contribution in [0.5, 0.6) is 0 Å². The normalized spacial score (nSPS) is 10.1. The van der Waals surface area contributed by atoms with Crippen molar-refractivity contribution < 1.29 is 9.53 Å². The highest BCUT2D eigenvalue weighted by atomic mass is 127. The van der Waals surface area contributed by atoms with Crippen molar-refractivity contribution in [3.63, 3.8) is 0 Å². The van der Waals surface area contributed by atoms with E-state index in [1.807, 2.05) is 48.5 Å². The van der Waals surface area contributed by atoms with Gasteiger partial charge in [0.05, 0.1) is 5.02 Å². The molecule has 0 fully saturated rings. The summed E-state index contributed by atoms with van der Waals surface area (Å²) in [6.45, 7) is 0.657. The number of hydrogen-bond donors (Lipinski definition) is 1. The quantitative estimate of drug-likeness (QED) is 0.773. The van der Waals surface area contributed by atoms with E-state index in [0.717, 1.165) is 14.7 Å². The topological polar surface area (TPSA) is 38.3 Å². The molecule has 0 atom stereocenters. The zero-order valence-corrected chi connectivity index (χ0v) is 13.5. The number of benzene rings is 2. The van der Waals surface area contributed by atoms with Crippen molar-refractivity contribution >= 4 is 40.3 Å². The van der Waals surface area contributed by atoms with Crippen LogP contribution in [0.4, 0.5) is 4.79 Å². The molecule has 0 saturated heterocycles. The summed E-state index contributed by atoms with van der Waals surface area (Å²) in [5.41, 5.74) is 1.90. The molecule has 0 aliphatic carbocycles. The Morgan fingerprint density at radius 2 is 1.90 bits per heavy atom. The van der Waals surface area contributed by atoms with Crippen molar-refractivity contribution in [1.29, 1.82) is 0 Å². The van der Waals surface area contributed by atoms with Crippen LogP contribution in [0.1, 0.15) is 11.1 Å². The van der Waals surface area contributed by atoms with Crippen molar-refractivity contribution in [2.45, 2.75) is 13.2 Å². The Kier molecular flexibility index (Phi) is 5.67. The van der Waals surface area contributed by atoms with E-state index in [0.29, 0.717) is 11.6 Å². The van der Waals surface area contributed by atoms with Crippen molar-refractivity contribution in [3.05, 3.63) is 68.3 Å². The van der Waals surface area contributed by atoms with Crippen LogP contribution in [0.25, 0.3) is 0 Å². The van der Waals surface area contributed by atoms with Gasteiger partial charge in [-0.05, 0) is 45.9 Å². The maximum Gasteiger partial charge on any atom is 0.407 e. The highest BCUT2D eigenvalue weighted by Crippen LogP contribution is 2.19. The monoisotopic (exact) mass is 401 g/mol. The summed E-state index contributed by atoms with van der Waals surface area (Å²) < 4.78 is 6.11. The van der Waals surface area contributed by atoms with Gasteiger partial charge in [-0.15, -0.1) is 0 Å². The van der Waals surface area contributed by atoms with Crippen molar-refractivity contribution in [1.82, 2.24) is 5.32 Å². The van der Waals surface area contributed by atoms with Gasteiger partial charge in [0.1, 0.15) is 6.61 Å². The first-order chi connectivity index (χ1) is 9.65. The molecule has 2 rings (SSSR count). The third kappa shape index (κ3) is 4.68. The Hall–Kier alpha value is -1.27. The molecule has 1 N–H and O–H groups in total. The first-order valence-electron chi connectivity index (χ1n) is 6.03. The van der Waals surface area contributed by atoms with Crippen LogP contribution in [0.2, 0.25) is 5.02 Å². The van der Waals surface area contributed by atoms with E-state index in [-0.39, 0.29) is 6.61 Å². The Bertz CT molecular complexity index is 590. The number of carbonyl (C=O) groups is 1. The number of ether oxygens (including phenoxy) is 1. The lowest BCUT2D eigenvalue weighted by Crippen LogP contribution is -2.23. The average molecular weight is 402 g/mol. The van der Waals surface area contributed by atoms with Crippen LogP contribution < -0.4 is 5.32 Å². The van der Waals surface area contributed by atoms with Crippen LogP contribution in [-0.2, 0) is 17.9 Å². The minimum absolute atomic E-state index is 0.264. The lowest BCUT2D eigenvalue weighted by Gasteiger charge is -2.08. The number of amides is 1. The van der Waals surface area contributed by atoms with Crippen LogP contribution in [-0.4, -0.2) is 6.09 Å². The first-order valence-corrected chi connectivity index (χ1v) is 7.49. The summed E-state index contributed by atoms with van der Waals surface area (Å²) in [5, 5.41) is 3.38. The summed E-state index contributed by atoms with van der Waals surface area (Å²) in [5.74, 6) is 0. The zero-order valence-electron chi connectivity index (χ0n) is 10.6. The van der Waals surface area contributed by atoms with E-state index >= 15 is 0 Å². The predicted octanol–water partition coefficient (Wildman–Crippen LogP) is 4.37. The second-order valence-corrected chi connectivity index (χ2v) is 5.73. The lowest BCUT2D eigenvalue weighted by atomic mass is 10.2. The first kappa shape index (κ1) is 15.1. The molecule has 0 bridgehead atoms. The van der Waals surface area contributed by atoms with E-state index in [1.165, 1.54) is 0 Å². The molecule has 0 aliphatic heterocycles. The molecule has 2 aromatic rings. The smallest absolute Gasteiger partial charge is 0.407 e. The molecule has 104 valence electrons. The summed E-state index contributed by atoms with van der Waals surface area (Å²) in [7, 11) is 0. The molecule has 5 heteroatoms. The second-order valence-electron chi connectivity index (χ2n) is 4.16. The summed E-state index contributed by atoms with van der Waals surface area (Å²) >= 11 is 8.18. The third-order valence-electron chi connectivity index (χ3n) is 2.63. The number of carbonyl (C=O) groups excluding carboxylic acids is 1. The highest BCUT2D eigenvalue weighted by Gasteiger charge is 2.04. The largest absolute Gasteiger partial charge is 0.445 e. The van der Waals surface area contributed by atoms with Gasteiger partial charge in [-0.25, -0.2) is 4.79 Å². The molecular weight excluding hydrogens is 389 g/mol. The van der Waals surface area contributed by atoms with Gasteiger partial charge in [-0.1, -0.05) is 48.0 Å².